The van der Waals surface area contributed by atoms with Crippen LogP contribution in [0.4, 0.5) is 0 Å². The summed E-state index contributed by atoms with van der Waals surface area (Å²) in [7, 11) is -1.91. The molecule has 1 aromatic heterocycles. The smallest absolute Gasteiger partial charge is 0.246 e. The molecule has 1 unspecified atom stereocenters. The average Bonchev–Trinajstić information content (AvgIpc) is 3.07. The fraction of sp³-hybridized carbons (Fsp3) is 0.750. The van der Waals surface area contributed by atoms with E-state index in [0.29, 0.717) is 19.6 Å². The molecule has 2 rings (SSSR count). The van der Waals surface area contributed by atoms with Gasteiger partial charge in [-0.1, -0.05) is 0 Å². The summed E-state index contributed by atoms with van der Waals surface area (Å²) in [6, 6.07) is 0. The van der Waals surface area contributed by atoms with Crippen LogP contribution in [0.1, 0.15) is 19.3 Å². The summed E-state index contributed by atoms with van der Waals surface area (Å²) < 4.78 is 33.2. The Kier molecular flexibility index (Phi) is 5.14. The van der Waals surface area contributed by atoms with Crippen LogP contribution in [0.15, 0.2) is 17.3 Å². The molecule has 0 saturated carbocycles. The molecule has 7 nitrogen and oxygen atoms in total. The first-order chi connectivity index (χ1) is 9.54. The predicted molar refractivity (Wildman–Crippen MR) is 74.7 cm³/mol. The maximum absolute atomic E-state index is 12.4. The molecule has 0 bridgehead atoms. The molecule has 1 aliphatic rings. The van der Waals surface area contributed by atoms with Gasteiger partial charge < -0.3 is 10.5 Å². The highest BCUT2D eigenvalue weighted by Gasteiger charge is 2.27. The van der Waals surface area contributed by atoms with E-state index >= 15 is 0 Å². The number of nitrogens with zero attached hydrogens (tertiary/aromatic N) is 3. The number of likely N-dealkylation sites (N-methyl/N-ethyl adjacent to an activating group) is 1. The summed E-state index contributed by atoms with van der Waals surface area (Å²) in [5, 5.41) is 4.06. The summed E-state index contributed by atoms with van der Waals surface area (Å²) in [5.74, 6) is 0. The predicted octanol–water partition coefficient (Wildman–Crippen LogP) is 0.0314. The van der Waals surface area contributed by atoms with Crippen LogP contribution < -0.4 is 5.73 Å². The van der Waals surface area contributed by atoms with Crippen LogP contribution in [-0.2, 0) is 21.3 Å². The van der Waals surface area contributed by atoms with E-state index in [1.54, 1.807) is 17.9 Å². The van der Waals surface area contributed by atoms with Crippen molar-refractivity contribution in [2.45, 2.75) is 36.8 Å². The first-order valence-electron chi connectivity index (χ1n) is 6.84. The number of hydrogen-bond donors (Lipinski definition) is 1. The molecule has 1 aromatic rings. The number of sulfonamides is 1. The van der Waals surface area contributed by atoms with Crippen molar-refractivity contribution in [2.24, 2.45) is 5.73 Å². The van der Waals surface area contributed by atoms with Crippen LogP contribution in [-0.4, -0.2) is 55.4 Å². The topological polar surface area (TPSA) is 90.5 Å². The minimum atomic E-state index is -3.49. The van der Waals surface area contributed by atoms with Gasteiger partial charge in [0.05, 0.1) is 12.3 Å². The fourth-order valence-electron chi connectivity index (χ4n) is 2.21. The maximum atomic E-state index is 12.4. The van der Waals surface area contributed by atoms with Crippen molar-refractivity contribution in [1.29, 1.82) is 0 Å². The molecule has 20 heavy (non-hydrogen) atoms. The van der Waals surface area contributed by atoms with E-state index in [1.807, 2.05) is 0 Å². The molecule has 1 fully saturated rings. The molecule has 8 heteroatoms. The Labute approximate surface area is 119 Å². The second kappa shape index (κ2) is 6.66. The molecule has 0 radical (unpaired) electrons. The number of aromatic nitrogens is 2. The zero-order chi connectivity index (χ0) is 14.6. The van der Waals surface area contributed by atoms with E-state index in [4.69, 9.17) is 10.5 Å². The Morgan fingerprint density at radius 3 is 3.05 bits per heavy atom. The van der Waals surface area contributed by atoms with Gasteiger partial charge in [0.15, 0.2) is 0 Å². The molecule has 2 heterocycles. The molecule has 1 atom stereocenters. The van der Waals surface area contributed by atoms with Gasteiger partial charge in [-0.15, -0.1) is 0 Å². The minimum Gasteiger partial charge on any atom is -0.377 e. The van der Waals surface area contributed by atoms with Crippen molar-refractivity contribution in [3.05, 3.63) is 12.4 Å². The van der Waals surface area contributed by atoms with Crippen molar-refractivity contribution in [1.82, 2.24) is 14.1 Å². The number of ether oxygens (including phenoxy) is 1. The summed E-state index contributed by atoms with van der Waals surface area (Å²) in [6.07, 6.45) is 5.62. The van der Waals surface area contributed by atoms with Crippen LogP contribution in [0, 0.1) is 0 Å². The molecule has 0 aromatic carbocycles. The van der Waals surface area contributed by atoms with Gasteiger partial charge in [0.2, 0.25) is 10.0 Å². The van der Waals surface area contributed by atoms with Crippen LogP contribution >= 0.6 is 0 Å². The summed E-state index contributed by atoms with van der Waals surface area (Å²) >= 11 is 0. The van der Waals surface area contributed by atoms with E-state index in [9.17, 15) is 8.42 Å². The molecular formula is C12H22N4O3S. The van der Waals surface area contributed by atoms with Crippen molar-refractivity contribution in [3.63, 3.8) is 0 Å². The lowest BCUT2D eigenvalue weighted by Gasteiger charge is -2.19. The van der Waals surface area contributed by atoms with Crippen LogP contribution in [0.3, 0.4) is 0 Å². The van der Waals surface area contributed by atoms with E-state index in [0.717, 1.165) is 25.9 Å². The highest BCUT2D eigenvalue weighted by molar-refractivity contribution is 7.89. The Morgan fingerprint density at radius 1 is 1.60 bits per heavy atom. The second-order valence-corrected chi connectivity index (χ2v) is 7.05. The van der Waals surface area contributed by atoms with Crippen molar-refractivity contribution >= 4 is 10.0 Å². The normalized spacial score (nSPS) is 19.9. The van der Waals surface area contributed by atoms with Crippen LogP contribution in [0.5, 0.6) is 0 Å². The Balaban J connectivity index is 2.02. The van der Waals surface area contributed by atoms with Gasteiger partial charge in [-0.2, -0.15) is 9.40 Å². The molecule has 2 N–H and O–H groups in total. The standard InChI is InChI=1S/C12H22N4O3S/c1-15(9-11-4-2-7-19-11)20(17,18)12-8-14-16(10-12)6-3-5-13/h8,10-11H,2-7,9,13H2,1H3. The number of aryl methyl sites for hydroxylation is 1. The van der Waals surface area contributed by atoms with E-state index < -0.39 is 10.0 Å². The Bertz CT molecular complexity index is 523. The fourth-order valence-corrected chi connectivity index (χ4v) is 3.36. The zero-order valence-corrected chi connectivity index (χ0v) is 12.6. The minimum absolute atomic E-state index is 0.00191. The monoisotopic (exact) mass is 302 g/mol. The van der Waals surface area contributed by atoms with Crippen molar-refractivity contribution in [3.8, 4) is 0 Å². The first kappa shape index (κ1) is 15.4. The Morgan fingerprint density at radius 2 is 2.40 bits per heavy atom. The highest BCUT2D eigenvalue weighted by Crippen LogP contribution is 2.18. The lowest BCUT2D eigenvalue weighted by Crippen LogP contribution is -2.33. The van der Waals surface area contributed by atoms with Crippen molar-refractivity contribution in [2.75, 3.05) is 26.7 Å². The molecule has 0 amide bonds. The van der Waals surface area contributed by atoms with Gasteiger partial charge in [0.25, 0.3) is 0 Å². The first-order valence-corrected chi connectivity index (χ1v) is 8.28. The number of nitrogens with two attached hydrogens (primary N) is 1. The lowest BCUT2D eigenvalue weighted by atomic mass is 10.2. The van der Waals surface area contributed by atoms with Gasteiger partial charge in [-0.25, -0.2) is 8.42 Å². The quantitative estimate of drug-likeness (QED) is 0.767. The summed E-state index contributed by atoms with van der Waals surface area (Å²) in [6.45, 7) is 2.29. The third-order valence-electron chi connectivity index (χ3n) is 3.39. The second-order valence-electron chi connectivity index (χ2n) is 5.00. The summed E-state index contributed by atoms with van der Waals surface area (Å²) in [5.41, 5.74) is 5.43. The third-order valence-corrected chi connectivity index (χ3v) is 5.17. The van der Waals surface area contributed by atoms with Gasteiger partial charge in [-0.3, -0.25) is 4.68 Å². The number of rotatable bonds is 7. The molecule has 1 saturated heterocycles. The van der Waals surface area contributed by atoms with Crippen LogP contribution in [0.25, 0.3) is 0 Å². The average molecular weight is 302 g/mol. The summed E-state index contributed by atoms with van der Waals surface area (Å²) in [4.78, 5) is 0.218. The van der Waals surface area contributed by atoms with E-state index in [-0.39, 0.29) is 11.0 Å². The zero-order valence-electron chi connectivity index (χ0n) is 11.7. The lowest BCUT2D eigenvalue weighted by molar-refractivity contribution is 0.0979. The van der Waals surface area contributed by atoms with Gasteiger partial charge in [-0.05, 0) is 25.8 Å². The van der Waals surface area contributed by atoms with Crippen LogP contribution in [0.2, 0.25) is 0 Å². The van der Waals surface area contributed by atoms with Crippen molar-refractivity contribution < 1.29 is 13.2 Å². The van der Waals surface area contributed by atoms with Gasteiger partial charge >= 0.3 is 0 Å². The largest absolute Gasteiger partial charge is 0.377 e. The molecule has 0 aliphatic carbocycles. The van der Waals surface area contributed by atoms with Gasteiger partial charge in [0, 0.05) is 32.9 Å². The van der Waals surface area contributed by atoms with Gasteiger partial charge in [0.1, 0.15) is 4.90 Å². The van der Waals surface area contributed by atoms with E-state index in [2.05, 4.69) is 5.10 Å². The molecule has 114 valence electrons. The third kappa shape index (κ3) is 3.57. The number of hydrogen-bond acceptors (Lipinski definition) is 5. The molecular weight excluding hydrogens is 280 g/mol. The molecule has 1 aliphatic heterocycles. The Hall–Kier alpha value is -0.960. The van der Waals surface area contributed by atoms with E-state index in [1.165, 1.54) is 10.5 Å². The highest BCUT2D eigenvalue weighted by atomic mass is 32.2. The molecule has 0 spiro atoms. The maximum Gasteiger partial charge on any atom is 0.246 e. The SMILES string of the molecule is CN(CC1CCCO1)S(=O)(=O)c1cnn(CCCN)c1.